The van der Waals surface area contributed by atoms with Gasteiger partial charge in [0.2, 0.25) is 5.91 Å². The maximum absolute atomic E-state index is 13.0. The highest BCUT2D eigenvalue weighted by Crippen LogP contribution is 2.37. The minimum atomic E-state index is -2.93. The van der Waals surface area contributed by atoms with E-state index in [0.717, 1.165) is 10.6 Å². The van der Waals surface area contributed by atoms with Crippen molar-refractivity contribution in [1.82, 2.24) is 4.98 Å². The number of aromatic nitrogens is 1. The molecule has 152 valence electrons. The normalized spacial score (nSPS) is 17.9. The van der Waals surface area contributed by atoms with Crippen molar-refractivity contribution in [3.8, 4) is 0 Å². The molecule has 9 heteroatoms. The molecule has 2 heterocycles. The van der Waals surface area contributed by atoms with Crippen molar-refractivity contribution in [1.29, 1.82) is 0 Å². The number of amides is 1. The van der Waals surface area contributed by atoms with E-state index < -0.39 is 9.84 Å². The van der Waals surface area contributed by atoms with Crippen molar-refractivity contribution in [3.05, 3.63) is 41.0 Å². The van der Waals surface area contributed by atoms with E-state index in [2.05, 4.69) is 10.3 Å². The van der Waals surface area contributed by atoms with E-state index in [-0.39, 0.29) is 28.7 Å². The Kier molecular flexibility index (Phi) is 6.03. The van der Waals surface area contributed by atoms with Gasteiger partial charge in [-0.3, -0.25) is 4.79 Å². The van der Waals surface area contributed by atoms with Gasteiger partial charge in [-0.05, 0) is 23.1 Å². The number of sulfone groups is 1. The molecule has 0 saturated carbocycles. The molecule has 0 bridgehead atoms. The fourth-order valence-corrected chi connectivity index (χ4v) is 5.48. The lowest BCUT2D eigenvalue weighted by molar-refractivity contribution is -0.119. The molecule has 3 rings (SSSR count). The molecule has 2 aromatic rings. The average molecular weight is 442 g/mol. The number of hydrogen-bond acceptors (Lipinski definition) is 6. The van der Waals surface area contributed by atoms with Gasteiger partial charge in [-0.2, -0.15) is 0 Å². The first kappa shape index (κ1) is 21.1. The average Bonchev–Trinajstić information content (AvgIpc) is 3.04. The smallest absolute Gasteiger partial charge is 0.234 e. The molecule has 0 spiro atoms. The van der Waals surface area contributed by atoms with Crippen LogP contribution in [0.3, 0.4) is 0 Å². The molecule has 0 aliphatic carbocycles. The fraction of sp³-hybridized carbons (Fsp3) is 0.474. The molecule has 1 aromatic heterocycles. The van der Waals surface area contributed by atoms with E-state index in [0.29, 0.717) is 23.2 Å². The lowest BCUT2D eigenvalue weighted by Crippen LogP contribution is -2.39. The van der Waals surface area contributed by atoms with Crippen LogP contribution in [0, 0.1) is 5.41 Å². The summed E-state index contributed by atoms with van der Waals surface area (Å²) in [4.78, 5) is 19.4. The molecule has 1 aliphatic rings. The minimum Gasteiger partial charge on any atom is -0.360 e. The number of carbonyl (C=O) groups is 1. The van der Waals surface area contributed by atoms with Crippen molar-refractivity contribution >= 4 is 48.8 Å². The summed E-state index contributed by atoms with van der Waals surface area (Å²) < 4.78 is 23.2. The van der Waals surface area contributed by atoms with Crippen molar-refractivity contribution < 1.29 is 13.2 Å². The van der Waals surface area contributed by atoms with Crippen LogP contribution in [0.15, 0.2) is 30.5 Å². The Morgan fingerprint density at radius 2 is 1.82 bits per heavy atom. The zero-order chi connectivity index (χ0) is 20.5. The van der Waals surface area contributed by atoms with E-state index in [1.165, 1.54) is 11.3 Å². The van der Waals surface area contributed by atoms with Crippen LogP contribution < -0.4 is 10.2 Å². The van der Waals surface area contributed by atoms with Crippen LogP contribution >= 0.6 is 22.9 Å². The SMILES string of the molecule is CC(C)(C)[C@H](C(=O)Nc1ncc(N2CCS(=O)(=O)CC2)s1)c1ccc(Cl)cc1. The van der Waals surface area contributed by atoms with E-state index in [1.54, 1.807) is 18.3 Å². The second kappa shape index (κ2) is 8.00. The quantitative estimate of drug-likeness (QED) is 0.780. The van der Waals surface area contributed by atoms with E-state index in [1.807, 2.05) is 37.8 Å². The Labute approximate surface area is 174 Å². The van der Waals surface area contributed by atoms with Crippen LogP contribution in [0.25, 0.3) is 0 Å². The van der Waals surface area contributed by atoms with Gasteiger partial charge >= 0.3 is 0 Å². The number of nitrogens with zero attached hydrogens (tertiary/aromatic N) is 2. The zero-order valence-corrected chi connectivity index (χ0v) is 18.5. The first-order valence-corrected chi connectivity index (χ1v) is 12.0. The van der Waals surface area contributed by atoms with Crippen LogP contribution in [0.4, 0.5) is 10.1 Å². The van der Waals surface area contributed by atoms with Gasteiger partial charge in [0.25, 0.3) is 0 Å². The number of halogens is 1. The zero-order valence-electron chi connectivity index (χ0n) is 16.1. The summed E-state index contributed by atoms with van der Waals surface area (Å²) in [7, 11) is -2.93. The highest BCUT2D eigenvalue weighted by molar-refractivity contribution is 7.91. The lowest BCUT2D eigenvalue weighted by atomic mass is 9.76. The minimum absolute atomic E-state index is 0.128. The number of benzene rings is 1. The molecular formula is C19H24ClN3O3S2. The van der Waals surface area contributed by atoms with Crippen molar-refractivity contribution in [3.63, 3.8) is 0 Å². The molecule has 1 fully saturated rings. The second-order valence-electron chi connectivity index (χ2n) is 7.98. The first-order valence-electron chi connectivity index (χ1n) is 9.03. The molecule has 0 unspecified atom stereocenters. The third-order valence-electron chi connectivity index (χ3n) is 4.71. The first-order chi connectivity index (χ1) is 13.0. The Morgan fingerprint density at radius 3 is 2.39 bits per heavy atom. The van der Waals surface area contributed by atoms with Crippen LogP contribution in [-0.4, -0.2) is 43.9 Å². The van der Waals surface area contributed by atoms with Crippen LogP contribution in [-0.2, 0) is 14.6 Å². The van der Waals surface area contributed by atoms with Crippen molar-refractivity contribution in [2.75, 3.05) is 34.8 Å². The molecule has 1 saturated heterocycles. The number of rotatable bonds is 4. The Bertz CT molecular complexity index is 936. The summed E-state index contributed by atoms with van der Waals surface area (Å²) in [6.07, 6.45) is 1.69. The standard InChI is InChI=1S/C19H24ClN3O3S2/c1-19(2,3)16(13-4-6-14(20)7-5-13)17(24)22-18-21-12-15(27-18)23-8-10-28(25,26)11-9-23/h4-7,12,16H,8-11H2,1-3H3,(H,21,22,24)/t16-/m0/s1. The molecular weight excluding hydrogens is 418 g/mol. The Balaban J connectivity index is 1.74. The predicted octanol–water partition coefficient (Wildman–Crippen LogP) is 3.80. The Morgan fingerprint density at radius 1 is 1.21 bits per heavy atom. The molecule has 1 aliphatic heterocycles. The molecule has 1 atom stereocenters. The number of hydrogen-bond donors (Lipinski definition) is 1. The maximum atomic E-state index is 13.0. The molecule has 0 radical (unpaired) electrons. The molecule has 28 heavy (non-hydrogen) atoms. The highest BCUT2D eigenvalue weighted by atomic mass is 35.5. The molecule has 1 aromatic carbocycles. The van der Waals surface area contributed by atoms with Crippen LogP contribution in [0.1, 0.15) is 32.3 Å². The summed E-state index contributed by atoms with van der Waals surface area (Å²) >= 11 is 7.34. The number of thiazole rings is 1. The maximum Gasteiger partial charge on any atom is 0.234 e. The molecule has 6 nitrogen and oxygen atoms in total. The van der Waals surface area contributed by atoms with Crippen LogP contribution in [0.5, 0.6) is 0 Å². The van der Waals surface area contributed by atoms with E-state index in [9.17, 15) is 13.2 Å². The number of anilines is 2. The van der Waals surface area contributed by atoms with Gasteiger partial charge in [0, 0.05) is 18.1 Å². The van der Waals surface area contributed by atoms with Gasteiger partial charge in [0.15, 0.2) is 15.0 Å². The topological polar surface area (TPSA) is 79.4 Å². The summed E-state index contributed by atoms with van der Waals surface area (Å²) in [6, 6.07) is 7.32. The van der Waals surface area contributed by atoms with Gasteiger partial charge in [-0.15, -0.1) is 0 Å². The van der Waals surface area contributed by atoms with Gasteiger partial charge < -0.3 is 10.2 Å². The predicted molar refractivity (Wildman–Crippen MR) is 115 cm³/mol. The number of carbonyl (C=O) groups excluding carboxylic acids is 1. The number of nitrogens with one attached hydrogen (secondary N) is 1. The molecule has 1 amide bonds. The molecule has 1 N–H and O–H groups in total. The Hall–Kier alpha value is -1.64. The van der Waals surface area contributed by atoms with E-state index in [4.69, 9.17) is 11.6 Å². The third-order valence-corrected chi connectivity index (χ3v) is 7.55. The van der Waals surface area contributed by atoms with Crippen molar-refractivity contribution in [2.45, 2.75) is 26.7 Å². The lowest BCUT2D eigenvalue weighted by Gasteiger charge is -2.29. The summed E-state index contributed by atoms with van der Waals surface area (Å²) in [5, 5.41) is 4.93. The van der Waals surface area contributed by atoms with Gasteiger partial charge in [-0.25, -0.2) is 13.4 Å². The summed E-state index contributed by atoms with van der Waals surface area (Å²) in [5.74, 6) is -0.195. The summed E-state index contributed by atoms with van der Waals surface area (Å²) in [5.41, 5.74) is 0.603. The van der Waals surface area contributed by atoms with E-state index >= 15 is 0 Å². The fourth-order valence-electron chi connectivity index (χ4n) is 3.28. The largest absolute Gasteiger partial charge is 0.360 e. The summed E-state index contributed by atoms with van der Waals surface area (Å²) in [6.45, 7) is 6.97. The monoisotopic (exact) mass is 441 g/mol. The van der Waals surface area contributed by atoms with Gasteiger partial charge in [-0.1, -0.05) is 55.8 Å². The van der Waals surface area contributed by atoms with Gasteiger partial charge in [0.05, 0.1) is 23.6 Å². The third kappa shape index (κ3) is 5.04. The second-order valence-corrected chi connectivity index (χ2v) is 11.7. The highest BCUT2D eigenvalue weighted by Gasteiger charge is 2.33. The van der Waals surface area contributed by atoms with Crippen molar-refractivity contribution in [2.24, 2.45) is 5.41 Å². The van der Waals surface area contributed by atoms with Gasteiger partial charge in [0.1, 0.15) is 5.00 Å². The van der Waals surface area contributed by atoms with Crippen LogP contribution in [0.2, 0.25) is 5.02 Å².